The fourth-order valence-electron chi connectivity index (χ4n) is 2.91. The van der Waals surface area contributed by atoms with Crippen LogP contribution in [0.15, 0.2) is 42.6 Å². The fraction of sp³-hybridized carbons (Fsp3) is 0.190. The summed E-state index contributed by atoms with van der Waals surface area (Å²) in [6.45, 7) is 5.79. The maximum Gasteiger partial charge on any atom is 0.166 e. The van der Waals surface area contributed by atoms with Crippen LogP contribution in [0, 0.1) is 19.7 Å². The van der Waals surface area contributed by atoms with Crippen LogP contribution in [0.25, 0.3) is 11.1 Å². The summed E-state index contributed by atoms with van der Waals surface area (Å²) in [5.74, 6) is 0.0682. The van der Waals surface area contributed by atoms with E-state index in [-0.39, 0.29) is 10.8 Å². The van der Waals surface area contributed by atoms with Crippen molar-refractivity contribution in [1.82, 2.24) is 4.98 Å². The van der Waals surface area contributed by atoms with Crippen LogP contribution in [0.2, 0.25) is 10.0 Å². The minimum absolute atomic E-state index is 0.0628. The molecule has 27 heavy (non-hydrogen) atoms. The van der Waals surface area contributed by atoms with Gasteiger partial charge < -0.3 is 10.5 Å². The number of ether oxygens (including phenoxy) is 1. The molecule has 1 aromatic heterocycles. The van der Waals surface area contributed by atoms with E-state index in [0.717, 1.165) is 22.3 Å². The lowest BCUT2D eigenvalue weighted by atomic mass is 9.99. The lowest BCUT2D eigenvalue weighted by Crippen LogP contribution is -2.08. The van der Waals surface area contributed by atoms with E-state index in [4.69, 9.17) is 33.7 Å². The van der Waals surface area contributed by atoms with Crippen molar-refractivity contribution in [2.24, 2.45) is 0 Å². The monoisotopic (exact) mass is 404 g/mol. The van der Waals surface area contributed by atoms with E-state index < -0.39 is 11.9 Å². The summed E-state index contributed by atoms with van der Waals surface area (Å²) in [6, 6.07) is 10.7. The van der Waals surface area contributed by atoms with Gasteiger partial charge in [-0.3, -0.25) is 0 Å². The molecule has 0 saturated heterocycles. The first-order valence-corrected chi connectivity index (χ1v) is 9.16. The molecule has 2 N–H and O–H groups in total. The van der Waals surface area contributed by atoms with Gasteiger partial charge in [-0.25, -0.2) is 9.37 Å². The molecule has 0 bridgehead atoms. The number of anilines is 1. The Labute approximate surface area is 167 Å². The summed E-state index contributed by atoms with van der Waals surface area (Å²) in [4.78, 5) is 4.25. The van der Waals surface area contributed by atoms with Crippen molar-refractivity contribution >= 4 is 29.0 Å². The number of aromatic nitrogens is 1. The van der Waals surface area contributed by atoms with E-state index in [1.165, 1.54) is 12.1 Å². The smallest absolute Gasteiger partial charge is 0.166 e. The van der Waals surface area contributed by atoms with E-state index in [1.54, 1.807) is 13.1 Å². The maximum absolute atomic E-state index is 13.8. The van der Waals surface area contributed by atoms with Crippen molar-refractivity contribution in [3.63, 3.8) is 0 Å². The molecule has 0 aliphatic rings. The molecule has 0 saturated carbocycles. The molecule has 0 radical (unpaired) electrons. The SMILES string of the molecule is Cc1ccc(C)c(-c2cnc(N)c(OC(C)c3c(Cl)ccc(F)c3Cl)c2)c1. The first-order valence-electron chi connectivity index (χ1n) is 8.41. The molecule has 3 nitrogen and oxygen atoms in total. The molecule has 0 amide bonds. The Morgan fingerprint density at radius 2 is 1.85 bits per heavy atom. The summed E-state index contributed by atoms with van der Waals surface area (Å²) in [6.07, 6.45) is 1.09. The van der Waals surface area contributed by atoms with Crippen molar-refractivity contribution in [2.75, 3.05) is 5.73 Å². The average molecular weight is 405 g/mol. The minimum Gasteiger partial charge on any atom is -0.482 e. The summed E-state index contributed by atoms with van der Waals surface area (Å²) in [7, 11) is 0. The van der Waals surface area contributed by atoms with Crippen LogP contribution in [-0.2, 0) is 0 Å². The molecular formula is C21H19Cl2FN2O. The Kier molecular flexibility index (Phi) is 5.59. The van der Waals surface area contributed by atoms with Crippen LogP contribution in [0.3, 0.4) is 0 Å². The molecule has 1 heterocycles. The maximum atomic E-state index is 13.8. The van der Waals surface area contributed by atoms with Gasteiger partial charge >= 0.3 is 0 Å². The fourth-order valence-corrected chi connectivity index (χ4v) is 3.59. The highest BCUT2D eigenvalue weighted by molar-refractivity contribution is 6.36. The summed E-state index contributed by atoms with van der Waals surface area (Å²) in [5.41, 5.74) is 10.5. The topological polar surface area (TPSA) is 48.1 Å². The number of hydrogen-bond acceptors (Lipinski definition) is 3. The zero-order chi connectivity index (χ0) is 19.7. The first kappa shape index (κ1) is 19.5. The number of halogens is 3. The second-order valence-electron chi connectivity index (χ2n) is 6.44. The largest absolute Gasteiger partial charge is 0.482 e. The summed E-state index contributed by atoms with van der Waals surface area (Å²) >= 11 is 12.3. The minimum atomic E-state index is -0.612. The van der Waals surface area contributed by atoms with Gasteiger partial charge in [0.2, 0.25) is 0 Å². The van der Waals surface area contributed by atoms with Crippen molar-refractivity contribution in [2.45, 2.75) is 26.9 Å². The number of nitrogen functional groups attached to an aromatic ring is 1. The Hall–Kier alpha value is -2.30. The first-order chi connectivity index (χ1) is 12.8. The Balaban J connectivity index is 1.99. The van der Waals surface area contributed by atoms with Crippen molar-refractivity contribution in [1.29, 1.82) is 0 Å². The quantitative estimate of drug-likeness (QED) is 0.502. The van der Waals surface area contributed by atoms with Gasteiger partial charge in [-0.15, -0.1) is 0 Å². The van der Waals surface area contributed by atoms with Crippen LogP contribution >= 0.6 is 23.2 Å². The van der Waals surface area contributed by atoms with Gasteiger partial charge in [-0.2, -0.15) is 0 Å². The predicted molar refractivity (Wildman–Crippen MR) is 109 cm³/mol. The van der Waals surface area contributed by atoms with Crippen LogP contribution in [-0.4, -0.2) is 4.98 Å². The molecule has 0 aliphatic heterocycles. The van der Waals surface area contributed by atoms with Gasteiger partial charge in [0.15, 0.2) is 11.6 Å². The molecule has 1 unspecified atom stereocenters. The zero-order valence-electron chi connectivity index (χ0n) is 15.2. The molecule has 6 heteroatoms. The molecule has 0 aliphatic carbocycles. The molecule has 3 aromatic rings. The molecule has 1 atom stereocenters. The third-order valence-electron chi connectivity index (χ3n) is 4.38. The van der Waals surface area contributed by atoms with Crippen LogP contribution in [0.4, 0.5) is 10.2 Å². The van der Waals surface area contributed by atoms with Crippen molar-refractivity contribution in [3.8, 4) is 16.9 Å². The molecule has 3 rings (SSSR count). The molecule has 140 valence electrons. The standard InChI is InChI=1S/C21H19Cl2FN2O/c1-11-4-5-12(2)15(8-11)14-9-18(21(25)26-10-14)27-13(3)19-16(22)6-7-17(24)20(19)23/h4-10,13H,1-3H3,(H2,25,26). The van der Waals surface area contributed by atoms with Crippen molar-refractivity contribution in [3.05, 3.63) is 75.1 Å². The van der Waals surface area contributed by atoms with Gasteiger partial charge in [0.1, 0.15) is 11.9 Å². The zero-order valence-corrected chi connectivity index (χ0v) is 16.7. The highest BCUT2D eigenvalue weighted by Gasteiger charge is 2.20. The number of nitrogens with two attached hydrogens (primary N) is 1. The number of benzene rings is 2. The van der Waals surface area contributed by atoms with Gasteiger partial charge in [0.05, 0.1) is 5.02 Å². The number of hydrogen-bond donors (Lipinski definition) is 1. The summed E-state index contributed by atoms with van der Waals surface area (Å²) in [5, 5.41) is 0.262. The van der Waals surface area contributed by atoms with E-state index in [1.807, 2.05) is 19.9 Å². The Morgan fingerprint density at radius 1 is 1.11 bits per heavy atom. The van der Waals surface area contributed by atoms with Crippen LogP contribution < -0.4 is 10.5 Å². The number of aryl methyl sites for hydroxylation is 2. The number of pyridine rings is 1. The number of nitrogens with zero attached hydrogens (tertiary/aromatic N) is 1. The normalized spacial score (nSPS) is 12.1. The highest BCUT2D eigenvalue weighted by atomic mass is 35.5. The lowest BCUT2D eigenvalue weighted by Gasteiger charge is -2.19. The van der Waals surface area contributed by atoms with Gasteiger partial charge in [0.25, 0.3) is 0 Å². The second kappa shape index (κ2) is 7.75. The van der Waals surface area contributed by atoms with Gasteiger partial charge in [-0.1, -0.05) is 47.0 Å². The highest BCUT2D eigenvalue weighted by Crippen LogP contribution is 2.37. The van der Waals surface area contributed by atoms with E-state index >= 15 is 0 Å². The van der Waals surface area contributed by atoms with Gasteiger partial charge in [0, 0.05) is 22.3 Å². The molecule has 0 fully saturated rings. The Bertz CT molecular complexity index is 1010. The molecule has 0 spiro atoms. The predicted octanol–water partition coefficient (Wildman–Crippen LogP) is 6.53. The average Bonchev–Trinajstić information content (AvgIpc) is 2.62. The van der Waals surface area contributed by atoms with E-state index in [2.05, 4.69) is 23.2 Å². The van der Waals surface area contributed by atoms with Crippen LogP contribution in [0.5, 0.6) is 5.75 Å². The molecular weight excluding hydrogens is 386 g/mol. The number of rotatable bonds is 4. The van der Waals surface area contributed by atoms with E-state index in [9.17, 15) is 4.39 Å². The third kappa shape index (κ3) is 4.02. The van der Waals surface area contributed by atoms with Gasteiger partial charge in [-0.05, 0) is 50.1 Å². The third-order valence-corrected chi connectivity index (χ3v) is 5.09. The Morgan fingerprint density at radius 3 is 2.59 bits per heavy atom. The van der Waals surface area contributed by atoms with Crippen molar-refractivity contribution < 1.29 is 9.13 Å². The van der Waals surface area contributed by atoms with E-state index in [0.29, 0.717) is 16.3 Å². The summed E-state index contributed by atoms with van der Waals surface area (Å²) < 4.78 is 19.8. The van der Waals surface area contributed by atoms with Crippen LogP contribution in [0.1, 0.15) is 29.7 Å². The lowest BCUT2D eigenvalue weighted by molar-refractivity contribution is 0.227. The second-order valence-corrected chi connectivity index (χ2v) is 7.23. The molecule has 2 aromatic carbocycles.